The maximum Gasteiger partial charge on any atom is 0.139 e. The molecule has 2 aromatic rings. The summed E-state index contributed by atoms with van der Waals surface area (Å²) < 4.78 is 5.20. The summed E-state index contributed by atoms with van der Waals surface area (Å²) in [4.78, 5) is 11.0. The highest BCUT2D eigenvalue weighted by atomic mass is 16.5. The molecule has 0 atom stereocenters. The number of fused-ring (bicyclic) bond motifs is 1. The number of hydrogen-bond donors (Lipinski definition) is 1. The summed E-state index contributed by atoms with van der Waals surface area (Å²) in [5.74, 6) is 1.49. The molecule has 5 heteroatoms. The Labute approximate surface area is 119 Å². The van der Waals surface area contributed by atoms with E-state index in [1.54, 1.807) is 13.4 Å². The number of ether oxygens (including phenoxy) is 1. The molecule has 0 aliphatic rings. The van der Waals surface area contributed by atoms with E-state index in [9.17, 15) is 0 Å². The van der Waals surface area contributed by atoms with Crippen LogP contribution in [0.3, 0.4) is 0 Å². The summed E-state index contributed by atoms with van der Waals surface area (Å²) in [6.45, 7) is 6.81. The Morgan fingerprint density at radius 2 is 2.10 bits per heavy atom. The number of rotatable bonds is 6. The summed E-state index contributed by atoms with van der Waals surface area (Å²) in [5, 5.41) is 1.03. The molecule has 0 saturated carbocycles. The third-order valence-corrected chi connectivity index (χ3v) is 3.09. The molecular weight excluding hydrogens is 252 g/mol. The molecule has 0 saturated heterocycles. The molecule has 0 spiro atoms. The molecule has 0 amide bonds. The fourth-order valence-electron chi connectivity index (χ4n) is 2.24. The second-order valence-corrected chi connectivity index (χ2v) is 5.31. The lowest BCUT2D eigenvalue weighted by molar-refractivity contribution is 0.204. The first-order valence-corrected chi connectivity index (χ1v) is 6.86. The molecule has 0 fully saturated rings. The molecule has 0 unspecified atom stereocenters. The van der Waals surface area contributed by atoms with Crippen molar-refractivity contribution in [1.29, 1.82) is 0 Å². The van der Waals surface area contributed by atoms with Crippen LogP contribution in [0.5, 0.6) is 0 Å². The second kappa shape index (κ2) is 6.52. The lowest BCUT2D eigenvalue weighted by Crippen LogP contribution is -2.31. The average molecular weight is 274 g/mol. The van der Waals surface area contributed by atoms with Crippen LogP contribution in [-0.4, -0.2) is 36.8 Å². The molecule has 0 aliphatic heterocycles. The van der Waals surface area contributed by atoms with Gasteiger partial charge in [0.05, 0.1) is 12.1 Å². The summed E-state index contributed by atoms with van der Waals surface area (Å²) in [7, 11) is 1.71. The number of hydrogen-bond acceptors (Lipinski definition) is 5. The third kappa shape index (κ3) is 3.36. The topological polar surface area (TPSA) is 64.3 Å². The van der Waals surface area contributed by atoms with Crippen molar-refractivity contribution in [2.75, 3.05) is 37.4 Å². The summed E-state index contributed by atoms with van der Waals surface area (Å²) in [5.41, 5.74) is 7.41. The van der Waals surface area contributed by atoms with E-state index in [4.69, 9.17) is 10.5 Å². The van der Waals surface area contributed by atoms with Crippen LogP contribution in [0.25, 0.3) is 10.9 Å². The van der Waals surface area contributed by atoms with Crippen LogP contribution in [0, 0.1) is 5.92 Å². The molecule has 108 valence electrons. The highest BCUT2D eigenvalue weighted by Crippen LogP contribution is 2.25. The molecule has 20 heavy (non-hydrogen) atoms. The molecule has 1 aromatic heterocycles. The predicted molar refractivity (Wildman–Crippen MR) is 82.9 cm³/mol. The number of nitrogens with two attached hydrogens (primary N) is 1. The van der Waals surface area contributed by atoms with Crippen LogP contribution in [-0.2, 0) is 4.74 Å². The third-order valence-electron chi connectivity index (χ3n) is 3.09. The van der Waals surface area contributed by atoms with Gasteiger partial charge in [0.1, 0.15) is 12.1 Å². The maximum atomic E-state index is 5.82. The van der Waals surface area contributed by atoms with E-state index in [0.29, 0.717) is 12.5 Å². The fourth-order valence-corrected chi connectivity index (χ4v) is 2.24. The molecule has 0 bridgehead atoms. The summed E-state index contributed by atoms with van der Waals surface area (Å²) >= 11 is 0. The van der Waals surface area contributed by atoms with Crippen molar-refractivity contribution in [3.05, 3.63) is 24.5 Å². The first kappa shape index (κ1) is 14.5. The van der Waals surface area contributed by atoms with Gasteiger partial charge in [-0.2, -0.15) is 0 Å². The standard InChI is InChI=1S/C15H22N4O/c1-11(2)9-19(6-7-20-3)15-13-5-4-12(16)8-14(13)17-10-18-15/h4-5,8,10-11H,6-7,9,16H2,1-3H3. The summed E-state index contributed by atoms with van der Waals surface area (Å²) in [6, 6.07) is 5.75. The molecule has 0 radical (unpaired) electrons. The van der Waals surface area contributed by atoms with E-state index in [2.05, 4.69) is 28.7 Å². The van der Waals surface area contributed by atoms with Gasteiger partial charge < -0.3 is 15.4 Å². The molecule has 2 N–H and O–H groups in total. The van der Waals surface area contributed by atoms with Gasteiger partial charge >= 0.3 is 0 Å². The smallest absolute Gasteiger partial charge is 0.139 e. The second-order valence-electron chi connectivity index (χ2n) is 5.31. The van der Waals surface area contributed by atoms with Crippen molar-refractivity contribution in [2.24, 2.45) is 5.92 Å². The Morgan fingerprint density at radius 1 is 1.30 bits per heavy atom. The Hall–Kier alpha value is -1.88. The van der Waals surface area contributed by atoms with E-state index in [0.717, 1.165) is 35.5 Å². The maximum absolute atomic E-state index is 5.82. The van der Waals surface area contributed by atoms with Gasteiger partial charge in [-0.05, 0) is 24.1 Å². The molecule has 5 nitrogen and oxygen atoms in total. The van der Waals surface area contributed by atoms with E-state index in [-0.39, 0.29) is 0 Å². The van der Waals surface area contributed by atoms with Crippen LogP contribution < -0.4 is 10.6 Å². The minimum atomic E-state index is 0.547. The largest absolute Gasteiger partial charge is 0.399 e. The van der Waals surface area contributed by atoms with Crippen LogP contribution in [0.1, 0.15) is 13.8 Å². The normalized spacial score (nSPS) is 11.2. The fraction of sp³-hybridized carbons (Fsp3) is 0.467. The lowest BCUT2D eigenvalue weighted by atomic mass is 10.1. The number of nitrogens with zero attached hydrogens (tertiary/aromatic N) is 3. The Balaban J connectivity index is 2.41. The number of nitrogen functional groups attached to an aromatic ring is 1. The quantitative estimate of drug-likeness (QED) is 0.819. The molecular formula is C15H22N4O. The van der Waals surface area contributed by atoms with Crippen LogP contribution >= 0.6 is 0 Å². The number of anilines is 2. The predicted octanol–water partition coefficient (Wildman–Crippen LogP) is 2.32. The van der Waals surface area contributed by atoms with Gasteiger partial charge in [-0.1, -0.05) is 13.8 Å². The van der Waals surface area contributed by atoms with Crippen molar-refractivity contribution in [2.45, 2.75) is 13.8 Å². The van der Waals surface area contributed by atoms with Crippen molar-refractivity contribution >= 4 is 22.4 Å². The highest BCUT2D eigenvalue weighted by Gasteiger charge is 2.13. The first-order valence-electron chi connectivity index (χ1n) is 6.86. The Bertz CT molecular complexity index is 571. The van der Waals surface area contributed by atoms with Gasteiger partial charge in [-0.25, -0.2) is 9.97 Å². The van der Waals surface area contributed by atoms with Gasteiger partial charge in [-0.3, -0.25) is 0 Å². The Kier molecular flexibility index (Phi) is 4.74. The SMILES string of the molecule is COCCN(CC(C)C)c1ncnc2cc(N)ccc12. The Morgan fingerprint density at radius 3 is 2.80 bits per heavy atom. The average Bonchev–Trinajstić information content (AvgIpc) is 2.42. The van der Waals surface area contributed by atoms with Gasteiger partial charge in [0.15, 0.2) is 0 Å². The van der Waals surface area contributed by atoms with Gasteiger partial charge in [0.2, 0.25) is 0 Å². The minimum Gasteiger partial charge on any atom is -0.399 e. The zero-order chi connectivity index (χ0) is 14.5. The van der Waals surface area contributed by atoms with E-state index < -0.39 is 0 Å². The molecule has 1 heterocycles. The molecule has 1 aromatic carbocycles. The zero-order valence-corrected chi connectivity index (χ0v) is 12.3. The molecule has 2 rings (SSSR count). The van der Waals surface area contributed by atoms with Crippen molar-refractivity contribution in [1.82, 2.24) is 9.97 Å². The number of methoxy groups -OCH3 is 1. The van der Waals surface area contributed by atoms with E-state index in [1.165, 1.54) is 0 Å². The van der Waals surface area contributed by atoms with Crippen LogP contribution in [0.4, 0.5) is 11.5 Å². The summed E-state index contributed by atoms with van der Waals surface area (Å²) in [6.07, 6.45) is 1.59. The number of benzene rings is 1. The highest BCUT2D eigenvalue weighted by molar-refractivity contribution is 5.91. The zero-order valence-electron chi connectivity index (χ0n) is 12.3. The van der Waals surface area contributed by atoms with Crippen molar-refractivity contribution < 1.29 is 4.74 Å². The van der Waals surface area contributed by atoms with E-state index >= 15 is 0 Å². The first-order chi connectivity index (χ1) is 9.61. The van der Waals surface area contributed by atoms with Gasteiger partial charge in [0.25, 0.3) is 0 Å². The van der Waals surface area contributed by atoms with Gasteiger partial charge in [-0.15, -0.1) is 0 Å². The van der Waals surface area contributed by atoms with Crippen LogP contribution in [0.2, 0.25) is 0 Å². The number of aromatic nitrogens is 2. The van der Waals surface area contributed by atoms with Crippen LogP contribution in [0.15, 0.2) is 24.5 Å². The molecule has 0 aliphatic carbocycles. The van der Waals surface area contributed by atoms with Crippen molar-refractivity contribution in [3.63, 3.8) is 0 Å². The monoisotopic (exact) mass is 274 g/mol. The van der Waals surface area contributed by atoms with Gasteiger partial charge in [0, 0.05) is 31.3 Å². The van der Waals surface area contributed by atoms with E-state index in [1.807, 2.05) is 18.2 Å². The lowest BCUT2D eigenvalue weighted by Gasteiger charge is -2.26. The minimum absolute atomic E-state index is 0.547. The van der Waals surface area contributed by atoms with Crippen molar-refractivity contribution in [3.8, 4) is 0 Å².